The monoisotopic (exact) mass is 804 g/mol. The molecule has 1 aromatic heterocycles. The summed E-state index contributed by atoms with van der Waals surface area (Å²) in [6.07, 6.45) is 6.03. The lowest BCUT2D eigenvalue weighted by molar-refractivity contribution is 0.386. The number of ether oxygens (including phenoxy) is 1. The van der Waals surface area contributed by atoms with Crippen molar-refractivity contribution >= 4 is 61.9 Å². The van der Waals surface area contributed by atoms with E-state index in [1.165, 1.54) is 11.1 Å². The van der Waals surface area contributed by atoms with Crippen molar-refractivity contribution in [2.75, 3.05) is 4.90 Å². The van der Waals surface area contributed by atoms with Crippen LogP contribution < -0.4 is 25.6 Å². The maximum atomic E-state index is 15.3. The second-order valence-electron chi connectivity index (χ2n) is 15.6. The number of hydrogen-bond donors (Lipinski definition) is 0. The fraction of sp³-hybridized carbons (Fsp3) is 0.0357. The van der Waals surface area contributed by atoms with Gasteiger partial charge in [0.15, 0.2) is 7.14 Å². The number of aromatic nitrogens is 1. The topological polar surface area (TPSA) is 34.5 Å². The number of rotatable bonds is 7. The smallest absolute Gasteiger partial charge is 0.171 e. The van der Waals surface area contributed by atoms with E-state index >= 15 is 4.57 Å². The molecule has 0 radical (unpaired) electrons. The van der Waals surface area contributed by atoms with Gasteiger partial charge in [-0.15, -0.1) is 0 Å². The third-order valence-corrected chi connectivity index (χ3v) is 15.5. The first-order chi connectivity index (χ1) is 30.0. The fourth-order valence-corrected chi connectivity index (χ4v) is 12.6. The Labute approximate surface area is 356 Å². The molecule has 0 amide bonds. The van der Waals surface area contributed by atoms with Crippen molar-refractivity contribution in [1.82, 2.24) is 4.57 Å². The summed E-state index contributed by atoms with van der Waals surface area (Å²) in [7, 11) is -3.15. The molecule has 0 aliphatic carbocycles. The van der Waals surface area contributed by atoms with E-state index in [9.17, 15) is 0 Å². The summed E-state index contributed by atoms with van der Waals surface area (Å²) in [5.74, 6) is 1.63. The van der Waals surface area contributed by atoms with Crippen molar-refractivity contribution < 1.29 is 9.30 Å². The van der Waals surface area contributed by atoms with Gasteiger partial charge in [-0.25, -0.2) is 0 Å². The zero-order valence-electron chi connectivity index (χ0n) is 33.6. The van der Waals surface area contributed by atoms with Crippen LogP contribution in [0.15, 0.2) is 236 Å². The third kappa shape index (κ3) is 5.42. The summed E-state index contributed by atoms with van der Waals surface area (Å²) < 4.78 is 24.6. The lowest BCUT2D eigenvalue weighted by atomic mass is 9.60. The lowest BCUT2D eigenvalue weighted by Crippen LogP contribution is -2.40. The molecule has 4 nitrogen and oxygen atoms in total. The SMILES string of the molecule is C=C/C=C\C1=C(C)Oc2cc3c(cc2C12c1ccccc1N(c1ccccc1)c1ccccc12)c1ccccc1n3-c1ccc(P(=O)(c2ccccc2)c2ccccc2)cc1. The number of para-hydroxylation sites is 4. The van der Waals surface area contributed by atoms with Crippen molar-refractivity contribution in [2.24, 2.45) is 0 Å². The van der Waals surface area contributed by atoms with Crippen LogP contribution in [0, 0.1) is 0 Å². The zero-order valence-corrected chi connectivity index (χ0v) is 34.5. The standard InChI is InChI=1S/C56H41N2O2P/c1-3-4-27-47-39(2)60-55-38-54-46(37-50(55)56(47)48-28-15-18-31-52(48)58(40-20-8-5-9-21-40)53-32-19-16-29-49(53)56)45-26-14-17-30-51(45)57(54)41-33-35-44(36-34-41)61(59,42-22-10-6-11-23-42)43-24-12-7-13-25-43/h3-38H,1H2,2H3/b27-4-. The van der Waals surface area contributed by atoms with E-state index in [0.29, 0.717) is 0 Å². The van der Waals surface area contributed by atoms with Gasteiger partial charge < -0.3 is 18.8 Å². The molecule has 2 aliphatic rings. The Morgan fingerprint density at radius 2 is 1.08 bits per heavy atom. The molecule has 0 fully saturated rings. The van der Waals surface area contributed by atoms with Crippen molar-refractivity contribution in [3.05, 3.63) is 253 Å². The maximum absolute atomic E-state index is 15.3. The molecule has 0 saturated carbocycles. The Balaban J connectivity index is 1.16. The molecule has 0 atom stereocenters. The van der Waals surface area contributed by atoms with Gasteiger partial charge in [0.1, 0.15) is 11.5 Å². The molecule has 3 heterocycles. The fourth-order valence-electron chi connectivity index (χ4n) is 9.90. The molecule has 292 valence electrons. The molecule has 0 N–H and O–H groups in total. The van der Waals surface area contributed by atoms with Crippen LogP contribution in [0.25, 0.3) is 27.5 Å². The summed E-state index contributed by atoms with van der Waals surface area (Å²) in [6, 6.07) is 69.4. The molecule has 5 heteroatoms. The van der Waals surface area contributed by atoms with Crippen molar-refractivity contribution in [2.45, 2.75) is 12.3 Å². The van der Waals surface area contributed by atoms with Crippen LogP contribution in [0.5, 0.6) is 5.75 Å². The van der Waals surface area contributed by atoms with Crippen molar-refractivity contribution in [1.29, 1.82) is 0 Å². The highest BCUT2D eigenvalue weighted by Gasteiger charge is 2.51. The molecule has 0 bridgehead atoms. The summed E-state index contributed by atoms with van der Waals surface area (Å²) in [5, 5.41) is 4.67. The van der Waals surface area contributed by atoms with Gasteiger partial charge in [-0.3, -0.25) is 0 Å². The summed E-state index contributed by atoms with van der Waals surface area (Å²) in [5.41, 5.74) is 10.2. The van der Waals surface area contributed by atoms with Crippen LogP contribution in [-0.4, -0.2) is 4.57 Å². The van der Waals surface area contributed by atoms with Crippen LogP contribution in [0.2, 0.25) is 0 Å². The number of hydrogen-bond acceptors (Lipinski definition) is 3. The van der Waals surface area contributed by atoms with Crippen LogP contribution in [-0.2, 0) is 9.98 Å². The summed E-state index contributed by atoms with van der Waals surface area (Å²) in [6.45, 7) is 6.15. The van der Waals surface area contributed by atoms with E-state index in [-0.39, 0.29) is 0 Å². The van der Waals surface area contributed by atoms with Crippen molar-refractivity contribution in [3.8, 4) is 11.4 Å². The molecule has 0 saturated heterocycles. The van der Waals surface area contributed by atoms with Gasteiger partial charge in [-0.1, -0.05) is 158 Å². The highest BCUT2D eigenvalue weighted by atomic mass is 31.2. The van der Waals surface area contributed by atoms with Gasteiger partial charge >= 0.3 is 0 Å². The minimum atomic E-state index is -3.15. The predicted molar refractivity (Wildman–Crippen MR) is 254 cm³/mol. The first-order valence-electron chi connectivity index (χ1n) is 20.7. The van der Waals surface area contributed by atoms with Gasteiger partial charge in [0, 0.05) is 55.3 Å². The third-order valence-electron chi connectivity index (χ3n) is 12.4. The number of benzene rings is 8. The minimum Gasteiger partial charge on any atom is -0.461 e. The van der Waals surface area contributed by atoms with Gasteiger partial charge in [-0.05, 0) is 78.7 Å². The Bertz CT molecular complexity index is 3180. The number of anilines is 3. The highest BCUT2D eigenvalue weighted by molar-refractivity contribution is 7.85. The Morgan fingerprint density at radius 3 is 1.70 bits per heavy atom. The number of fused-ring (bicyclic) bond motifs is 9. The van der Waals surface area contributed by atoms with E-state index in [1.54, 1.807) is 0 Å². The normalized spacial score (nSPS) is 14.2. The molecule has 2 aliphatic heterocycles. The predicted octanol–water partition coefficient (Wildman–Crippen LogP) is 12.9. The van der Waals surface area contributed by atoms with E-state index in [2.05, 4.69) is 156 Å². The minimum absolute atomic E-state index is 0.731. The molecule has 11 rings (SSSR count). The van der Waals surface area contributed by atoms with Gasteiger partial charge in [0.25, 0.3) is 0 Å². The van der Waals surface area contributed by atoms with Gasteiger partial charge in [0.2, 0.25) is 0 Å². The molecule has 9 aromatic rings. The average Bonchev–Trinajstić information content (AvgIpc) is 3.64. The summed E-state index contributed by atoms with van der Waals surface area (Å²) >= 11 is 0. The van der Waals surface area contributed by atoms with E-state index < -0.39 is 12.6 Å². The number of allylic oxidation sites excluding steroid dienone is 5. The zero-order chi connectivity index (χ0) is 41.1. The Kier molecular flexibility index (Phi) is 8.66. The molecular formula is C56H41N2O2P. The first-order valence-corrected chi connectivity index (χ1v) is 22.4. The average molecular weight is 805 g/mol. The Morgan fingerprint density at radius 1 is 0.541 bits per heavy atom. The van der Waals surface area contributed by atoms with E-state index in [1.807, 2.05) is 84.9 Å². The molecular weight excluding hydrogens is 764 g/mol. The first kappa shape index (κ1) is 36.7. The maximum Gasteiger partial charge on any atom is 0.171 e. The van der Waals surface area contributed by atoms with E-state index in [0.717, 1.165) is 83.1 Å². The number of nitrogens with zero attached hydrogens (tertiary/aromatic N) is 2. The van der Waals surface area contributed by atoms with Crippen molar-refractivity contribution in [3.63, 3.8) is 0 Å². The largest absolute Gasteiger partial charge is 0.461 e. The van der Waals surface area contributed by atoms with Gasteiger partial charge in [-0.2, -0.15) is 0 Å². The van der Waals surface area contributed by atoms with Gasteiger partial charge in [0.05, 0.1) is 27.8 Å². The molecule has 61 heavy (non-hydrogen) atoms. The van der Waals surface area contributed by atoms with E-state index in [4.69, 9.17) is 4.74 Å². The second-order valence-corrected chi connectivity index (χ2v) is 18.4. The Hall–Kier alpha value is -7.39. The molecule has 0 unspecified atom stereocenters. The second kappa shape index (κ2) is 14.4. The van der Waals surface area contributed by atoms with Crippen LogP contribution in [0.3, 0.4) is 0 Å². The van der Waals surface area contributed by atoms with Crippen LogP contribution >= 0.6 is 7.14 Å². The van der Waals surface area contributed by atoms with Crippen LogP contribution in [0.4, 0.5) is 17.1 Å². The highest BCUT2D eigenvalue weighted by Crippen LogP contribution is 2.62. The lowest BCUT2D eigenvalue weighted by Gasteiger charge is -2.49. The molecule has 1 spiro atoms. The quantitative estimate of drug-likeness (QED) is 0.119. The molecule has 8 aromatic carbocycles. The van der Waals surface area contributed by atoms with Crippen LogP contribution in [0.1, 0.15) is 23.6 Å². The summed E-state index contributed by atoms with van der Waals surface area (Å²) in [4.78, 5) is 2.39.